The summed E-state index contributed by atoms with van der Waals surface area (Å²) in [6.45, 7) is 46.4. The Balaban J connectivity index is 2.07. The van der Waals surface area contributed by atoms with Crippen LogP contribution < -0.4 is 7.16 Å². The number of halogens is 2. The second-order valence-electron chi connectivity index (χ2n) is 20.4. The zero-order valence-corrected chi connectivity index (χ0v) is 46.6. The molecule has 0 heterocycles. The van der Waals surface area contributed by atoms with E-state index in [1.54, 1.807) is 0 Å². The molecular formula is C60H72Cl2Sn. The molecule has 0 unspecified atom stereocenters. The van der Waals surface area contributed by atoms with Crippen LogP contribution in [0.3, 0.4) is 0 Å². The second-order valence-corrected chi connectivity index (χ2v) is 24.7. The van der Waals surface area contributed by atoms with Crippen LogP contribution in [-0.4, -0.2) is 21.1 Å². The predicted octanol–water partition coefficient (Wildman–Crippen LogP) is 17.5. The fourth-order valence-corrected chi connectivity index (χ4v) is 17.8. The summed E-state index contributed by atoms with van der Waals surface area (Å²) in [4.78, 5) is 0. The van der Waals surface area contributed by atoms with Gasteiger partial charge in [-0.1, -0.05) is 0 Å². The average molecular weight is 983 g/mol. The van der Waals surface area contributed by atoms with E-state index in [0.717, 1.165) is 10.0 Å². The Hall–Kier alpha value is -3.30. The quantitative estimate of drug-likeness (QED) is 0.120. The Morgan fingerprint density at radius 2 is 0.444 bits per heavy atom. The molecule has 3 heteroatoms. The van der Waals surface area contributed by atoms with Crippen molar-refractivity contribution in [3.05, 3.63) is 148 Å². The van der Waals surface area contributed by atoms with Crippen molar-refractivity contribution in [2.75, 3.05) is 0 Å². The summed E-state index contributed by atoms with van der Waals surface area (Å²) in [7, 11) is 0. The van der Waals surface area contributed by atoms with E-state index < -0.39 is 21.1 Å². The summed E-state index contributed by atoms with van der Waals surface area (Å²) in [6.07, 6.45) is 0. The van der Waals surface area contributed by atoms with Gasteiger partial charge < -0.3 is 0 Å². The Labute approximate surface area is 402 Å². The third-order valence-electron chi connectivity index (χ3n) is 13.3. The van der Waals surface area contributed by atoms with Crippen molar-refractivity contribution in [1.82, 2.24) is 0 Å². The first kappa shape index (κ1) is 49.1. The van der Waals surface area contributed by atoms with Gasteiger partial charge in [-0.15, -0.1) is 0 Å². The standard InChI is InChI=1S/2C30H36Cl.Sn/c2*1-16(2)26-24(28-20(7)11-18(5)12-21(28)8)15-25(27(17(3)4)30(26)31)29-22(9)13-19(6)14-23(29)10;/h2*11-14,16-17H,1-10H3;. The van der Waals surface area contributed by atoms with Crippen LogP contribution in [0, 0.1) is 83.1 Å². The van der Waals surface area contributed by atoms with Crippen LogP contribution >= 0.6 is 23.2 Å². The Kier molecular flexibility index (Phi) is 14.7. The fraction of sp³-hybridized carbons (Fsp3) is 0.400. The fourth-order valence-electron chi connectivity index (χ4n) is 11.4. The molecule has 63 heavy (non-hydrogen) atoms. The number of hydrogen-bond donors (Lipinski definition) is 0. The van der Waals surface area contributed by atoms with Crippen LogP contribution in [0.15, 0.2) is 48.5 Å². The van der Waals surface area contributed by atoms with Crippen molar-refractivity contribution in [3.8, 4) is 44.5 Å². The number of rotatable bonds is 10. The maximum absolute atomic E-state index is 8.08. The first-order valence-corrected chi connectivity index (χ1v) is 26.9. The summed E-state index contributed by atoms with van der Waals surface area (Å²) in [5, 5.41) is 1.87. The van der Waals surface area contributed by atoms with Crippen LogP contribution in [0.2, 0.25) is 10.0 Å². The molecule has 0 bridgehead atoms. The minimum atomic E-state index is -1.94. The van der Waals surface area contributed by atoms with Crippen molar-refractivity contribution in [2.45, 2.75) is 162 Å². The van der Waals surface area contributed by atoms with Gasteiger partial charge >= 0.3 is 406 Å². The van der Waals surface area contributed by atoms with Crippen LogP contribution in [0.5, 0.6) is 0 Å². The monoisotopic (exact) mass is 982 g/mol. The topological polar surface area (TPSA) is 0 Å². The van der Waals surface area contributed by atoms with Crippen molar-refractivity contribution >= 4 is 51.5 Å². The van der Waals surface area contributed by atoms with Crippen LogP contribution in [0.1, 0.15) is 168 Å². The minimum absolute atomic E-state index is 0.197. The first-order valence-electron chi connectivity index (χ1n) is 23.3. The molecule has 0 saturated carbocycles. The Bertz CT molecular complexity index is 2330. The molecule has 0 N–H and O–H groups in total. The normalized spacial score (nSPS) is 12.0. The van der Waals surface area contributed by atoms with Crippen LogP contribution in [-0.2, 0) is 0 Å². The second kappa shape index (κ2) is 18.9. The number of aryl methyl sites for hydroxylation is 12. The third kappa shape index (κ3) is 9.01. The van der Waals surface area contributed by atoms with Crippen molar-refractivity contribution in [3.63, 3.8) is 0 Å². The van der Waals surface area contributed by atoms with Crippen molar-refractivity contribution in [1.29, 1.82) is 0 Å². The molecule has 0 aromatic heterocycles. The molecule has 0 atom stereocenters. The molecule has 330 valence electrons. The first-order chi connectivity index (χ1) is 29.4. The molecular weight excluding hydrogens is 910 g/mol. The number of benzene rings is 6. The molecule has 0 amide bonds. The summed E-state index contributed by atoms with van der Waals surface area (Å²) in [5.41, 5.74) is 31.6. The zero-order chi connectivity index (χ0) is 46.8. The van der Waals surface area contributed by atoms with E-state index in [4.69, 9.17) is 23.2 Å². The molecule has 0 fully saturated rings. The van der Waals surface area contributed by atoms with E-state index in [1.165, 1.54) is 141 Å². The zero-order valence-electron chi connectivity index (χ0n) is 42.2. The van der Waals surface area contributed by atoms with Crippen LogP contribution in [0.4, 0.5) is 0 Å². The van der Waals surface area contributed by atoms with Gasteiger partial charge in [0.1, 0.15) is 0 Å². The van der Waals surface area contributed by atoms with Crippen LogP contribution in [0.25, 0.3) is 44.5 Å². The molecule has 0 nitrogen and oxygen atoms in total. The average Bonchev–Trinajstić information content (AvgIpc) is 3.11. The van der Waals surface area contributed by atoms with E-state index in [1.807, 2.05) is 0 Å². The molecule has 6 rings (SSSR count). The van der Waals surface area contributed by atoms with Crippen molar-refractivity contribution in [2.24, 2.45) is 0 Å². The predicted molar refractivity (Wildman–Crippen MR) is 283 cm³/mol. The van der Waals surface area contributed by atoms with Gasteiger partial charge in [0.2, 0.25) is 0 Å². The van der Waals surface area contributed by atoms with E-state index >= 15 is 0 Å². The van der Waals surface area contributed by atoms with E-state index in [9.17, 15) is 0 Å². The molecule has 0 saturated heterocycles. The van der Waals surface area contributed by atoms with Crippen molar-refractivity contribution < 1.29 is 0 Å². The molecule has 0 aliphatic carbocycles. The van der Waals surface area contributed by atoms with Gasteiger partial charge in [0.15, 0.2) is 0 Å². The summed E-state index contributed by atoms with van der Waals surface area (Å²) >= 11 is 14.2. The van der Waals surface area contributed by atoms with E-state index in [-0.39, 0.29) is 23.7 Å². The molecule has 0 aliphatic rings. The summed E-state index contributed by atoms with van der Waals surface area (Å²) in [6, 6.07) is 19.1. The molecule has 6 aromatic rings. The summed E-state index contributed by atoms with van der Waals surface area (Å²) in [5.74, 6) is 0.786. The van der Waals surface area contributed by atoms with Gasteiger partial charge in [0.05, 0.1) is 0 Å². The van der Waals surface area contributed by atoms with Gasteiger partial charge in [-0.2, -0.15) is 0 Å². The van der Waals surface area contributed by atoms with Gasteiger partial charge in [-0.25, -0.2) is 0 Å². The summed E-state index contributed by atoms with van der Waals surface area (Å²) < 4.78 is 3.05. The van der Waals surface area contributed by atoms with E-state index in [2.05, 4.69) is 187 Å². The van der Waals surface area contributed by atoms with Gasteiger partial charge in [-0.3, -0.25) is 0 Å². The van der Waals surface area contributed by atoms with Gasteiger partial charge in [0, 0.05) is 0 Å². The SMILES string of the molecule is Cc1cc(C)c(-c2[c]([Sn][c]3c(-c4c(C)cc(C)cc4C)c(C(C)C)c(Cl)c(C(C)C)c3-c3c(C)cc(C)cc3C)c(-c3c(C)cc(C)cc3C)c(C(C)C)c(Cl)c2C(C)C)c(C)c1. The Morgan fingerprint density at radius 3 is 0.587 bits per heavy atom. The molecule has 6 aromatic carbocycles. The van der Waals surface area contributed by atoms with Gasteiger partial charge in [-0.05, 0) is 0 Å². The van der Waals surface area contributed by atoms with E-state index in [0.29, 0.717) is 0 Å². The maximum atomic E-state index is 8.08. The molecule has 0 aliphatic heterocycles. The molecule has 2 radical (unpaired) electrons. The Morgan fingerprint density at radius 1 is 0.286 bits per heavy atom. The van der Waals surface area contributed by atoms with Gasteiger partial charge in [0.25, 0.3) is 0 Å². The third-order valence-corrected chi connectivity index (χ3v) is 18.4. The molecule has 0 spiro atoms. The number of hydrogen-bond acceptors (Lipinski definition) is 0.